The van der Waals surface area contributed by atoms with Gasteiger partial charge in [0.15, 0.2) is 0 Å². The molecule has 0 unspecified atom stereocenters. The van der Waals surface area contributed by atoms with E-state index in [0.717, 1.165) is 0 Å². The molecule has 2 heteroatoms. The summed E-state index contributed by atoms with van der Waals surface area (Å²) in [7, 11) is 3.85. The first kappa shape index (κ1) is 9.01. The molecule has 1 saturated carbocycles. The van der Waals surface area contributed by atoms with Gasteiger partial charge in [0.2, 0.25) is 0 Å². The molecule has 0 bridgehead atoms. The van der Waals surface area contributed by atoms with Crippen LogP contribution in [0.3, 0.4) is 0 Å². The fourth-order valence-electron chi connectivity index (χ4n) is 1.89. The van der Waals surface area contributed by atoms with Crippen LogP contribution in [-0.2, 0) is 4.74 Å². The van der Waals surface area contributed by atoms with Crippen molar-refractivity contribution in [2.24, 2.45) is 0 Å². The molecule has 1 N–H and O–H groups in total. The van der Waals surface area contributed by atoms with Crippen LogP contribution < -0.4 is 5.32 Å². The molecule has 1 aliphatic rings. The van der Waals surface area contributed by atoms with E-state index < -0.39 is 0 Å². The minimum Gasteiger partial charge on any atom is -0.380 e. The van der Waals surface area contributed by atoms with Gasteiger partial charge in [-0.3, -0.25) is 0 Å². The minimum absolute atomic E-state index is 0.447. The summed E-state index contributed by atoms with van der Waals surface area (Å²) in [5.41, 5.74) is 0. The fourth-order valence-corrected chi connectivity index (χ4v) is 1.89. The highest BCUT2D eigenvalue weighted by molar-refractivity contribution is 4.78. The van der Waals surface area contributed by atoms with Gasteiger partial charge in [0, 0.05) is 13.2 Å². The predicted molar refractivity (Wildman–Crippen MR) is 46.7 cm³/mol. The van der Waals surface area contributed by atoms with Crippen molar-refractivity contribution in [2.45, 2.75) is 44.2 Å². The molecular weight excluding hydrogens is 138 g/mol. The van der Waals surface area contributed by atoms with Crippen LogP contribution >= 0.6 is 0 Å². The topological polar surface area (TPSA) is 21.3 Å². The Hall–Kier alpha value is -0.0800. The molecule has 1 rings (SSSR count). The second kappa shape index (κ2) is 4.73. The lowest BCUT2D eigenvalue weighted by Crippen LogP contribution is -2.37. The van der Waals surface area contributed by atoms with Gasteiger partial charge in [0.25, 0.3) is 0 Å². The van der Waals surface area contributed by atoms with Crippen molar-refractivity contribution in [3.05, 3.63) is 0 Å². The van der Waals surface area contributed by atoms with Crippen LogP contribution in [0.1, 0.15) is 32.1 Å². The van der Waals surface area contributed by atoms with E-state index in [0.29, 0.717) is 12.1 Å². The molecular formula is C9H19NO. The third-order valence-electron chi connectivity index (χ3n) is 2.63. The predicted octanol–water partition coefficient (Wildman–Crippen LogP) is 1.55. The summed E-state index contributed by atoms with van der Waals surface area (Å²) in [6, 6.07) is 0.586. The van der Waals surface area contributed by atoms with Gasteiger partial charge in [-0.05, 0) is 19.9 Å². The number of hydrogen-bond donors (Lipinski definition) is 1. The van der Waals surface area contributed by atoms with E-state index >= 15 is 0 Å². The zero-order valence-corrected chi connectivity index (χ0v) is 7.60. The normalized spacial score (nSPS) is 33.3. The van der Waals surface area contributed by atoms with E-state index in [2.05, 4.69) is 5.32 Å². The average Bonchev–Trinajstić information content (AvgIpc) is 2.27. The Morgan fingerprint density at radius 1 is 1.18 bits per heavy atom. The molecule has 66 valence electrons. The highest BCUT2D eigenvalue weighted by Crippen LogP contribution is 2.19. The van der Waals surface area contributed by atoms with Crippen molar-refractivity contribution in [1.29, 1.82) is 0 Å². The molecule has 0 amide bonds. The van der Waals surface area contributed by atoms with E-state index in [-0.39, 0.29) is 0 Å². The molecule has 11 heavy (non-hydrogen) atoms. The minimum atomic E-state index is 0.447. The second-order valence-electron chi connectivity index (χ2n) is 3.31. The van der Waals surface area contributed by atoms with E-state index in [1.807, 2.05) is 14.2 Å². The summed E-state index contributed by atoms with van der Waals surface area (Å²) in [4.78, 5) is 0. The molecule has 2 atom stereocenters. The molecule has 0 aromatic rings. The lowest BCUT2D eigenvalue weighted by Gasteiger charge is -2.22. The third kappa shape index (κ3) is 2.46. The second-order valence-corrected chi connectivity index (χ2v) is 3.31. The molecule has 1 aliphatic carbocycles. The summed E-state index contributed by atoms with van der Waals surface area (Å²) in [6.45, 7) is 0. The van der Waals surface area contributed by atoms with Crippen LogP contribution in [0.5, 0.6) is 0 Å². The van der Waals surface area contributed by atoms with E-state index in [9.17, 15) is 0 Å². The Morgan fingerprint density at radius 3 is 2.55 bits per heavy atom. The Balaban J connectivity index is 2.41. The maximum atomic E-state index is 5.41. The van der Waals surface area contributed by atoms with Crippen LogP contribution in [0.25, 0.3) is 0 Å². The lowest BCUT2D eigenvalue weighted by molar-refractivity contribution is 0.0657. The van der Waals surface area contributed by atoms with Crippen molar-refractivity contribution in [2.75, 3.05) is 14.2 Å². The van der Waals surface area contributed by atoms with Crippen molar-refractivity contribution in [3.8, 4) is 0 Å². The molecule has 0 spiro atoms. The summed E-state index contributed by atoms with van der Waals surface area (Å²) >= 11 is 0. The van der Waals surface area contributed by atoms with Crippen molar-refractivity contribution < 1.29 is 4.74 Å². The molecule has 0 saturated heterocycles. The SMILES string of the molecule is CN[C@@H]1CCCCC[C@H]1OC. The van der Waals surface area contributed by atoms with E-state index in [4.69, 9.17) is 4.74 Å². The zero-order chi connectivity index (χ0) is 8.10. The Bertz CT molecular complexity index is 93.7. The lowest BCUT2D eigenvalue weighted by atomic mass is 10.1. The fraction of sp³-hybridized carbons (Fsp3) is 1.00. The number of hydrogen-bond acceptors (Lipinski definition) is 2. The first-order chi connectivity index (χ1) is 5.38. The van der Waals surface area contributed by atoms with E-state index in [1.54, 1.807) is 0 Å². The van der Waals surface area contributed by atoms with Gasteiger partial charge in [-0.1, -0.05) is 19.3 Å². The molecule has 2 nitrogen and oxygen atoms in total. The number of rotatable bonds is 2. The van der Waals surface area contributed by atoms with Gasteiger partial charge in [0.1, 0.15) is 0 Å². The largest absolute Gasteiger partial charge is 0.380 e. The number of nitrogens with one attached hydrogen (secondary N) is 1. The Kier molecular flexibility index (Phi) is 3.87. The van der Waals surface area contributed by atoms with Crippen LogP contribution in [0.2, 0.25) is 0 Å². The van der Waals surface area contributed by atoms with Gasteiger partial charge >= 0.3 is 0 Å². The van der Waals surface area contributed by atoms with Crippen LogP contribution in [0.15, 0.2) is 0 Å². The van der Waals surface area contributed by atoms with Crippen molar-refractivity contribution in [3.63, 3.8) is 0 Å². The highest BCUT2D eigenvalue weighted by Gasteiger charge is 2.21. The van der Waals surface area contributed by atoms with Crippen LogP contribution in [-0.4, -0.2) is 26.3 Å². The molecule has 0 aromatic carbocycles. The molecule has 0 heterocycles. The van der Waals surface area contributed by atoms with Gasteiger partial charge in [0.05, 0.1) is 6.10 Å². The first-order valence-corrected chi connectivity index (χ1v) is 4.58. The van der Waals surface area contributed by atoms with Crippen LogP contribution in [0, 0.1) is 0 Å². The molecule has 0 aliphatic heterocycles. The summed E-state index contributed by atoms with van der Waals surface area (Å²) in [5, 5.41) is 3.32. The van der Waals surface area contributed by atoms with E-state index in [1.165, 1.54) is 32.1 Å². The number of likely N-dealkylation sites (N-methyl/N-ethyl adjacent to an activating group) is 1. The average molecular weight is 157 g/mol. The maximum absolute atomic E-state index is 5.41. The summed E-state index contributed by atoms with van der Waals surface area (Å²) in [6.07, 6.45) is 7.00. The maximum Gasteiger partial charge on any atom is 0.0724 e. The highest BCUT2D eigenvalue weighted by atomic mass is 16.5. The quantitative estimate of drug-likeness (QED) is 0.614. The van der Waals surface area contributed by atoms with Crippen molar-refractivity contribution in [1.82, 2.24) is 5.32 Å². The Labute approximate surface area is 69.3 Å². The van der Waals surface area contributed by atoms with Gasteiger partial charge in [-0.15, -0.1) is 0 Å². The third-order valence-corrected chi connectivity index (χ3v) is 2.63. The smallest absolute Gasteiger partial charge is 0.0724 e. The van der Waals surface area contributed by atoms with Gasteiger partial charge in [-0.2, -0.15) is 0 Å². The number of methoxy groups -OCH3 is 1. The Morgan fingerprint density at radius 2 is 1.91 bits per heavy atom. The number of ether oxygens (including phenoxy) is 1. The standard InChI is InChI=1S/C9H19NO/c1-10-8-6-4-3-5-7-9(8)11-2/h8-10H,3-7H2,1-2H3/t8-,9-/m1/s1. The monoisotopic (exact) mass is 157 g/mol. The van der Waals surface area contributed by atoms with Crippen molar-refractivity contribution >= 4 is 0 Å². The molecule has 0 radical (unpaired) electrons. The van der Waals surface area contributed by atoms with Gasteiger partial charge in [-0.25, -0.2) is 0 Å². The summed E-state index contributed by atoms with van der Waals surface area (Å²) < 4.78 is 5.41. The molecule has 1 fully saturated rings. The molecule has 0 aromatic heterocycles. The van der Waals surface area contributed by atoms with Crippen LogP contribution in [0.4, 0.5) is 0 Å². The summed E-state index contributed by atoms with van der Waals surface area (Å²) in [5.74, 6) is 0. The first-order valence-electron chi connectivity index (χ1n) is 4.58. The van der Waals surface area contributed by atoms with Gasteiger partial charge < -0.3 is 10.1 Å². The zero-order valence-electron chi connectivity index (χ0n) is 7.60.